The second-order valence-corrected chi connectivity index (χ2v) is 6.22. The van der Waals surface area contributed by atoms with Crippen LogP contribution in [0.15, 0.2) is 30.5 Å². The van der Waals surface area contributed by atoms with Crippen LogP contribution in [0.4, 0.5) is 0 Å². The predicted octanol–water partition coefficient (Wildman–Crippen LogP) is 4.23. The van der Waals surface area contributed by atoms with Crippen molar-refractivity contribution < 1.29 is 9.90 Å². The fourth-order valence-electron chi connectivity index (χ4n) is 2.47. The number of aromatic nitrogens is 1. The van der Waals surface area contributed by atoms with Crippen LogP contribution in [-0.2, 0) is 11.3 Å². The topological polar surface area (TPSA) is 42.2 Å². The van der Waals surface area contributed by atoms with Crippen molar-refractivity contribution in [3.8, 4) is 0 Å². The van der Waals surface area contributed by atoms with E-state index in [4.69, 9.17) is 5.11 Å². The second kappa shape index (κ2) is 5.70. The van der Waals surface area contributed by atoms with Crippen LogP contribution in [0.1, 0.15) is 38.7 Å². The average molecular weight is 273 g/mol. The van der Waals surface area contributed by atoms with Crippen molar-refractivity contribution in [3.05, 3.63) is 36.0 Å². The molecule has 0 aliphatic heterocycles. The number of hydrogen-bond donors (Lipinski definition) is 1. The minimum atomic E-state index is -0.709. The molecule has 1 heterocycles. The van der Waals surface area contributed by atoms with Gasteiger partial charge in [-0.1, -0.05) is 18.1 Å². The lowest BCUT2D eigenvalue weighted by molar-refractivity contribution is -0.147. The number of aryl methyl sites for hydroxylation is 2. The van der Waals surface area contributed by atoms with Gasteiger partial charge in [0.2, 0.25) is 0 Å². The summed E-state index contributed by atoms with van der Waals surface area (Å²) < 4.78 is 2.25. The molecular weight excluding hydrogens is 250 g/mol. The normalized spacial score (nSPS) is 11.9. The molecule has 0 amide bonds. The van der Waals surface area contributed by atoms with E-state index in [2.05, 4.69) is 42.0 Å². The molecule has 0 bridgehead atoms. The van der Waals surface area contributed by atoms with Crippen LogP contribution < -0.4 is 0 Å². The third-order valence-corrected chi connectivity index (χ3v) is 3.96. The minimum absolute atomic E-state index is 0.615. The Balaban J connectivity index is 1.92. The Kier molecular flexibility index (Phi) is 4.17. The number of hydrogen-bond acceptors (Lipinski definition) is 1. The molecule has 0 saturated heterocycles. The number of carboxylic acid groups (broad SMARTS) is 1. The second-order valence-electron chi connectivity index (χ2n) is 6.22. The van der Waals surface area contributed by atoms with Crippen molar-refractivity contribution >= 4 is 16.9 Å². The molecule has 20 heavy (non-hydrogen) atoms. The lowest BCUT2D eigenvalue weighted by Crippen LogP contribution is -2.23. The van der Waals surface area contributed by atoms with Gasteiger partial charge in [0.25, 0.3) is 0 Å². The van der Waals surface area contributed by atoms with E-state index in [-0.39, 0.29) is 0 Å². The van der Waals surface area contributed by atoms with Gasteiger partial charge in [-0.2, -0.15) is 0 Å². The van der Waals surface area contributed by atoms with Gasteiger partial charge in [-0.25, -0.2) is 0 Å². The predicted molar refractivity (Wildman–Crippen MR) is 81.9 cm³/mol. The van der Waals surface area contributed by atoms with Gasteiger partial charge < -0.3 is 9.67 Å². The molecule has 0 atom stereocenters. The molecule has 0 spiro atoms. The van der Waals surface area contributed by atoms with Crippen LogP contribution in [0, 0.1) is 12.3 Å². The summed E-state index contributed by atoms with van der Waals surface area (Å²) in [5.74, 6) is -0.709. The third kappa shape index (κ3) is 3.21. The quantitative estimate of drug-likeness (QED) is 0.800. The maximum atomic E-state index is 11.0. The van der Waals surface area contributed by atoms with Gasteiger partial charge in [0, 0.05) is 18.3 Å². The van der Waals surface area contributed by atoms with Gasteiger partial charge in [0.05, 0.1) is 5.41 Å². The first-order valence-electron chi connectivity index (χ1n) is 7.19. The Morgan fingerprint density at radius 1 is 1.25 bits per heavy atom. The molecule has 2 aromatic rings. The molecule has 1 aromatic carbocycles. The van der Waals surface area contributed by atoms with Crippen LogP contribution >= 0.6 is 0 Å². The third-order valence-electron chi connectivity index (χ3n) is 3.96. The van der Waals surface area contributed by atoms with E-state index in [1.807, 2.05) is 0 Å². The first-order chi connectivity index (χ1) is 9.40. The lowest BCUT2D eigenvalue weighted by atomic mass is 9.87. The van der Waals surface area contributed by atoms with Gasteiger partial charge in [-0.15, -0.1) is 0 Å². The lowest BCUT2D eigenvalue weighted by Gasteiger charge is -2.18. The summed E-state index contributed by atoms with van der Waals surface area (Å²) in [4.78, 5) is 11.0. The van der Waals surface area contributed by atoms with Gasteiger partial charge >= 0.3 is 5.97 Å². The molecule has 0 unspecified atom stereocenters. The van der Waals surface area contributed by atoms with Crippen LogP contribution in [0.3, 0.4) is 0 Å². The van der Waals surface area contributed by atoms with E-state index >= 15 is 0 Å². The SMILES string of the molecule is Cc1ccc2c(ccn2CCCCC(C)(C)C(=O)O)c1. The summed E-state index contributed by atoms with van der Waals surface area (Å²) in [5, 5.41) is 10.4. The first kappa shape index (κ1) is 14.6. The number of carboxylic acids is 1. The van der Waals surface area contributed by atoms with Crippen LogP contribution in [-0.4, -0.2) is 15.6 Å². The standard InChI is InChI=1S/C17H23NO2/c1-13-6-7-15-14(12-13)8-11-18(15)10-5-4-9-17(2,3)16(19)20/h6-8,11-12H,4-5,9-10H2,1-3H3,(H,19,20). The number of aliphatic carboxylic acids is 1. The summed E-state index contributed by atoms with van der Waals surface area (Å²) in [6.45, 7) is 6.64. The number of benzene rings is 1. The summed E-state index contributed by atoms with van der Waals surface area (Å²) in [6, 6.07) is 8.63. The molecule has 2 rings (SSSR count). The summed E-state index contributed by atoms with van der Waals surface area (Å²) in [5.41, 5.74) is 1.92. The molecule has 3 nitrogen and oxygen atoms in total. The van der Waals surface area contributed by atoms with E-state index in [9.17, 15) is 4.79 Å². The minimum Gasteiger partial charge on any atom is -0.481 e. The maximum Gasteiger partial charge on any atom is 0.309 e. The number of rotatable bonds is 6. The van der Waals surface area contributed by atoms with Crippen LogP contribution in [0.2, 0.25) is 0 Å². The largest absolute Gasteiger partial charge is 0.481 e. The Hall–Kier alpha value is -1.77. The smallest absolute Gasteiger partial charge is 0.309 e. The van der Waals surface area contributed by atoms with Crippen molar-refractivity contribution in [2.24, 2.45) is 5.41 Å². The number of nitrogens with zero attached hydrogens (tertiary/aromatic N) is 1. The Bertz CT molecular complexity index is 610. The highest BCUT2D eigenvalue weighted by atomic mass is 16.4. The Morgan fingerprint density at radius 2 is 2.00 bits per heavy atom. The molecule has 0 aliphatic rings. The molecule has 0 saturated carbocycles. The van der Waals surface area contributed by atoms with Crippen LogP contribution in [0.5, 0.6) is 0 Å². The molecule has 3 heteroatoms. The van der Waals surface area contributed by atoms with Crippen molar-refractivity contribution in [1.82, 2.24) is 4.57 Å². The molecular formula is C17H23NO2. The zero-order chi connectivity index (χ0) is 14.8. The maximum absolute atomic E-state index is 11.0. The van der Waals surface area contributed by atoms with Gasteiger partial charge in [0.15, 0.2) is 0 Å². The summed E-state index contributed by atoms with van der Waals surface area (Å²) >= 11 is 0. The summed E-state index contributed by atoms with van der Waals surface area (Å²) in [7, 11) is 0. The fraction of sp³-hybridized carbons (Fsp3) is 0.471. The molecule has 108 valence electrons. The number of unbranched alkanes of at least 4 members (excludes halogenated alkanes) is 1. The summed E-state index contributed by atoms with van der Waals surface area (Å²) in [6.07, 6.45) is 4.78. The highest BCUT2D eigenvalue weighted by molar-refractivity contribution is 5.80. The Morgan fingerprint density at radius 3 is 2.70 bits per heavy atom. The fourth-order valence-corrected chi connectivity index (χ4v) is 2.47. The molecule has 0 radical (unpaired) electrons. The monoisotopic (exact) mass is 273 g/mol. The van der Waals surface area contributed by atoms with Gasteiger partial charge in [0.1, 0.15) is 0 Å². The molecule has 0 aliphatic carbocycles. The van der Waals surface area contributed by atoms with Crippen molar-refractivity contribution in [1.29, 1.82) is 0 Å². The zero-order valence-electron chi connectivity index (χ0n) is 12.5. The van der Waals surface area contributed by atoms with Gasteiger partial charge in [-0.3, -0.25) is 4.79 Å². The molecule has 0 fully saturated rings. The van der Waals surface area contributed by atoms with E-state index in [1.54, 1.807) is 13.8 Å². The van der Waals surface area contributed by atoms with Crippen molar-refractivity contribution in [2.45, 2.75) is 46.6 Å². The van der Waals surface area contributed by atoms with E-state index in [0.717, 1.165) is 25.8 Å². The molecule has 1 aromatic heterocycles. The van der Waals surface area contributed by atoms with E-state index in [0.29, 0.717) is 0 Å². The van der Waals surface area contributed by atoms with Crippen molar-refractivity contribution in [3.63, 3.8) is 0 Å². The van der Waals surface area contributed by atoms with Gasteiger partial charge in [-0.05, 0) is 57.2 Å². The van der Waals surface area contributed by atoms with Crippen LogP contribution in [0.25, 0.3) is 10.9 Å². The zero-order valence-corrected chi connectivity index (χ0v) is 12.5. The average Bonchev–Trinajstić information content (AvgIpc) is 2.76. The highest BCUT2D eigenvalue weighted by Crippen LogP contribution is 2.24. The van der Waals surface area contributed by atoms with E-state index in [1.165, 1.54) is 16.5 Å². The number of fused-ring (bicyclic) bond motifs is 1. The first-order valence-corrected chi connectivity index (χ1v) is 7.19. The van der Waals surface area contributed by atoms with E-state index < -0.39 is 11.4 Å². The van der Waals surface area contributed by atoms with Crippen molar-refractivity contribution in [2.75, 3.05) is 0 Å². The highest BCUT2D eigenvalue weighted by Gasteiger charge is 2.25. The Labute approximate surface area is 120 Å². The molecule has 1 N–H and O–H groups in total. The number of carbonyl (C=O) groups is 1.